The summed E-state index contributed by atoms with van der Waals surface area (Å²) < 4.78 is 0. The van der Waals surface area contributed by atoms with Gasteiger partial charge in [0.15, 0.2) is 11.6 Å². The molecular weight excluding hydrogens is 504 g/mol. The van der Waals surface area contributed by atoms with E-state index in [1.54, 1.807) is 36.4 Å². The highest BCUT2D eigenvalue weighted by Crippen LogP contribution is 2.39. The van der Waals surface area contributed by atoms with Crippen molar-refractivity contribution in [3.8, 4) is 0 Å². The van der Waals surface area contributed by atoms with Crippen LogP contribution in [0.25, 0.3) is 0 Å². The van der Waals surface area contributed by atoms with Crippen molar-refractivity contribution in [2.45, 2.75) is 25.3 Å². The van der Waals surface area contributed by atoms with Crippen molar-refractivity contribution in [3.05, 3.63) is 120 Å². The maximum absolute atomic E-state index is 13.7. The Morgan fingerprint density at radius 1 is 0.575 bits per heavy atom. The van der Waals surface area contributed by atoms with Crippen LogP contribution in [-0.4, -0.2) is 47.3 Å². The minimum atomic E-state index is -0.930. The van der Waals surface area contributed by atoms with Gasteiger partial charge in [0.25, 0.3) is 0 Å². The molecule has 2 aliphatic rings. The third-order valence-corrected chi connectivity index (χ3v) is 7.18. The Hall–Kier alpha value is -4.40. The molecule has 8 heteroatoms. The Balaban J connectivity index is 1.29. The number of anilines is 2. The second kappa shape index (κ2) is 12.6. The number of hydrogen-bond acceptors (Lipinski definition) is 8. The number of para-hydroxylation sites is 2. The molecule has 0 saturated heterocycles. The van der Waals surface area contributed by atoms with E-state index in [1.165, 1.54) is 0 Å². The van der Waals surface area contributed by atoms with Gasteiger partial charge < -0.3 is 31.5 Å². The van der Waals surface area contributed by atoms with Crippen LogP contribution >= 0.6 is 0 Å². The van der Waals surface area contributed by atoms with Crippen LogP contribution in [0.3, 0.4) is 0 Å². The van der Waals surface area contributed by atoms with E-state index >= 15 is 0 Å². The summed E-state index contributed by atoms with van der Waals surface area (Å²) in [5, 5.41) is 34.2. The SMILES string of the molecule is O=C1c2ccccc2C(=O)C2C(NC(O)CCNc3ccccc3)=CC=C(NC(O)CCNc3ccccc3)C12. The fourth-order valence-corrected chi connectivity index (χ4v) is 5.20. The van der Waals surface area contributed by atoms with Crippen molar-refractivity contribution in [1.29, 1.82) is 0 Å². The first-order chi connectivity index (χ1) is 19.5. The number of aliphatic hydroxyl groups is 2. The number of hydrogen-bond donors (Lipinski definition) is 6. The monoisotopic (exact) mass is 538 g/mol. The predicted octanol–water partition coefficient (Wildman–Crippen LogP) is 3.90. The molecule has 3 aromatic carbocycles. The average Bonchev–Trinajstić information content (AvgIpc) is 2.97. The van der Waals surface area contributed by atoms with Gasteiger partial charge in [0, 0.05) is 59.8 Å². The lowest BCUT2D eigenvalue weighted by atomic mass is 9.69. The van der Waals surface area contributed by atoms with Crippen molar-refractivity contribution >= 4 is 22.9 Å². The first kappa shape index (κ1) is 27.2. The Labute approximate surface area is 233 Å². The Morgan fingerprint density at radius 2 is 0.950 bits per heavy atom. The van der Waals surface area contributed by atoms with E-state index in [9.17, 15) is 19.8 Å². The molecule has 6 N–H and O–H groups in total. The molecule has 0 spiro atoms. The molecule has 3 aromatic rings. The van der Waals surface area contributed by atoms with Crippen molar-refractivity contribution in [1.82, 2.24) is 10.6 Å². The minimum absolute atomic E-state index is 0.193. The standard InChI is InChI=1S/C32H34N4O4/c37-27(17-19-33-21-9-3-1-4-10-21)35-25-15-16-26(36-28(38)18-20-34-22-11-5-2-6-12-22)30-29(25)31(39)23-13-7-8-14-24(23)32(30)40/h1-16,27-30,33-38H,17-20H2. The summed E-state index contributed by atoms with van der Waals surface area (Å²) in [6, 6.07) is 26.2. The molecule has 2 aliphatic carbocycles. The summed E-state index contributed by atoms with van der Waals surface area (Å²) in [6.07, 6.45) is 2.33. The van der Waals surface area contributed by atoms with Crippen LogP contribution in [-0.2, 0) is 0 Å². The van der Waals surface area contributed by atoms with Crippen LogP contribution in [0, 0.1) is 11.8 Å². The van der Waals surface area contributed by atoms with E-state index in [0.29, 0.717) is 48.5 Å². The molecule has 8 nitrogen and oxygen atoms in total. The summed E-state index contributed by atoms with van der Waals surface area (Å²) in [5.41, 5.74) is 3.61. The van der Waals surface area contributed by atoms with Gasteiger partial charge in [0.1, 0.15) is 12.5 Å². The van der Waals surface area contributed by atoms with Crippen molar-refractivity contribution in [3.63, 3.8) is 0 Å². The molecule has 0 bridgehead atoms. The topological polar surface area (TPSA) is 123 Å². The second-order valence-corrected chi connectivity index (χ2v) is 9.96. The molecule has 206 valence electrons. The fraction of sp³-hybridized carbons (Fsp3) is 0.250. The summed E-state index contributed by atoms with van der Waals surface area (Å²) >= 11 is 0. The Morgan fingerprint density at radius 3 is 1.35 bits per heavy atom. The normalized spacial score (nSPS) is 19.4. The van der Waals surface area contributed by atoms with E-state index in [1.807, 2.05) is 60.7 Å². The quantitative estimate of drug-likeness (QED) is 0.192. The van der Waals surface area contributed by atoms with Gasteiger partial charge in [0.05, 0.1) is 11.8 Å². The summed E-state index contributed by atoms with van der Waals surface area (Å²) in [7, 11) is 0. The van der Waals surface area contributed by atoms with Gasteiger partial charge in [-0.2, -0.15) is 0 Å². The van der Waals surface area contributed by atoms with Crippen LogP contribution in [0.5, 0.6) is 0 Å². The number of fused-ring (bicyclic) bond motifs is 2. The van der Waals surface area contributed by atoms with E-state index < -0.39 is 24.3 Å². The zero-order chi connectivity index (χ0) is 27.9. The molecule has 4 atom stereocenters. The molecule has 0 heterocycles. The first-order valence-corrected chi connectivity index (χ1v) is 13.6. The number of allylic oxidation sites excluding steroid dienone is 4. The van der Waals surface area contributed by atoms with Crippen LogP contribution in [0.1, 0.15) is 33.6 Å². The fourth-order valence-electron chi connectivity index (χ4n) is 5.20. The molecule has 0 fully saturated rings. The molecule has 0 radical (unpaired) electrons. The smallest absolute Gasteiger partial charge is 0.173 e. The molecular formula is C32H34N4O4. The van der Waals surface area contributed by atoms with Gasteiger partial charge >= 0.3 is 0 Å². The van der Waals surface area contributed by atoms with Crippen molar-refractivity contribution in [2.24, 2.45) is 11.8 Å². The van der Waals surface area contributed by atoms with Crippen LogP contribution in [0.15, 0.2) is 108 Å². The lowest BCUT2D eigenvalue weighted by Gasteiger charge is -2.37. The molecule has 0 aromatic heterocycles. The van der Waals surface area contributed by atoms with Crippen molar-refractivity contribution < 1.29 is 19.8 Å². The Kier molecular flexibility index (Phi) is 8.59. The molecule has 40 heavy (non-hydrogen) atoms. The number of rotatable bonds is 12. The zero-order valence-electron chi connectivity index (χ0n) is 22.1. The average molecular weight is 539 g/mol. The third-order valence-electron chi connectivity index (χ3n) is 7.18. The number of benzene rings is 3. The molecule has 5 rings (SSSR count). The van der Waals surface area contributed by atoms with Gasteiger partial charge in [-0.1, -0.05) is 60.7 Å². The number of nitrogens with one attached hydrogen (secondary N) is 4. The number of Topliss-reactive ketones (excluding diaryl/α,β-unsaturated/α-hetero) is 2. The van der Waals surface area contributed by atoms with Gasteiger partial charge in [-0.15, -0.1) is 0 Å². The van der Waals surface area contributed by atoms with Crippen LogP contribution in [0.2, 0.25) is 0 Å². The van der Waals surface area contributed by atoms with E-state index in [2.05, 4.69) is 21.3 Å². The molecule has 4 unspecified atom stereocenters. The van der Waals surface area contributed by atoms with Gasteiger partial charge in [-0.3, -0.25) is 9.59 Å². The minimum Gasteiger partial charge on any atom is -0.385 e. The molecule has 0 amide bonds. The maximum atomic E-state index is 13.7. The summed E-state index contributed by atoms with van der Waals surface area (Å²) in [5.74, 6) is -2.05. The number of aliphatic hydroxyl groups excluding tert-OH is 2. The highest BCUT2D eigenvalue weighted by atomic mass is 16.3. The van der Waals surface area contributed by atoms with Crippen LogP contribution in [0.4, 0.5) is 11.4 Å². The highest BCUT2D eigenvalue weighted by molar-refractivity contribution is 6.18. The third kappa shape index (κ3) is 6.25. The molecule has 0 saturated carbocycles. The summed E-state index contributed by atoms with van der Waals surface area (Å²) in [4.78, 5) is 27.4. The van der Waals surface area contributed by atoms with Gasteiger partial charge in [-0.25, -0.2) is 0 Å². The predicted molar refractivity (Wildman–Crippen MR) is 156 cm³/mol. The van der Waals surface area contributed by atoms with Gasteiger partial charge in [0.2, 0.25) is 0 Å². The highest BCUT2D eigenvalue weighted by Gasteiger charge is 2.46. The van der Waals surface area contributed by atoms with Crippen LogP contribution < -0.4 is 21.3 Å². The van der Waals surface area contributed by atoms with E-state index in [-0.39, 0.29) is 11.6 Å². The van der Waals surface area contributed by atoms with Gasteiger partial charge in [-0.05, 0) is 36.4 Å². The number of carbonyl (C=O) groups excluding carboxylic acids is 2. The van der Waals surface area contributed by atoms with E-state index in [4.69, 9.17) is 0 Å². The largest absolute Gasteiger partial charge is 0.385 e. The first-order valence-electron chi connectivity index (χ1n) is 13.6. The number of ketones is 2. The number of carbonyl (C=O) groups is 2. The zero-order valence-corrected chi connectivity index (χ0v) is 22.1. The van der Waals surface area contributed by atoms with Crippen molar-refractivity contribution in [2.75, 3.05) is 23.7 Å². The lowest BCUT2D eigenvalue weighted by molar-refractivity contribution is 0.0735. The molecule has 0 aliphatic heterocycles. The maximum Gasteiger partial charge on any atom is 0.173 e. The summed E-state index contributed by atoms with van der Waals surface area (Å²) in [6.45, 7) is 1.03. The lowest BCUT2D eigenvalue weighted by Crippen LogP contribution is -2.48. The van der Waals surface area contributed by atoms with E-state index in [0.717, 1.165) is 11.4 Å². The second-order valence-electron chi connectivity index (χ2n) is 9.96. The Bertz CT molecular complexity index is 1280.